The first-order valence-electron chi connectivity index (χ1n) is 7.19. The lowest BCUT2D eigenvalue weighted by molar-refractivity contribution is -0.138. The molecule has 1 heterocycles. The summed E-state index contributed by atoms with van der Waals surface area (Å²) in [5.41, 5.74) is 0.234. The first-order chi connectivity index (χ1) is 11.4. The Hall–Kier alpha value is -2.89. The Kier molecular flexibility index (Phi) is 3.97. The van der Waals surface area contributed by atoms with Crippen molar-refractivity contribution in [3.05, 3.63) is 71.4 Å². The standard InChI is InChI=1S/C18H13F3N2O/c1-11-7-8-13(10-15(11)18(19,20)21)23-17(24)14-6-2-4-12-5-3-9-22-16(12)14/h2-10H,1H3,(H,23,24). The van der Waals surface area contributed by atoms with Gasteiger partial charge in [0.2, 0.25) is 0 Å². The molecule has 0 aliphatic rings. The number of aryl methyl sites for hydroxylation is 1. The monoisotopic (exact) mass is 330 g/mol. The van der Waals surface area contributed by atoms with Gasteiger partial charge in [0, 0.05) is 17.3 Å². The summed E-state index contributed by atoms with van der Waals surface area (Å²) in [6, 6.07) is 12.4. The largest absolute Gasteiger partial charge is 0.416 e. The zero-order chi connectivity index (χ0) is 17.3. The number of anilines is 1. The van der Waals surface area contributed by atoms with Crippen molar-refractivity contribution >= 4 is 22.5 Å². The second-order valence-corrected chi connectivity index (χ2v) is 5.36. The van der Waals surface area contributed by atoms with Gasteiger partial charge in [-0.05, 0) is 36.8 Å². The van der Waals surface area contributed by atoms with Crippen molar-refractivity contribution in [3.8, 4) is 0 Å². The van der Waals surface area contributed by atoms with Crippen molar-refractivity contribution in [2.45, 2.75) is 13.1 Å². The Labute approximate surface area is 136 Å². The molecule has 1 N–H and O–H groups in total. The number of amides is 1. The first-order valence-corrected chi connectivity index (χ1v) is 7.19. The summed E-state index contributed by atoms with van der Waals surface area (Å²) in [7, 11) is 0. The number of hydrogen-bond donors (Lipinski definition) is 1. The van der Waals surface area contributed by atoms with Crippen molar-refractivity contribution in [3.63, 3.8) is 0 Å². The van der Waals surface area contributed by atoms with Crippen LogP contribution in [0, 0.1) is 6.92 Å². The molecule has 1 amide bonds. The third kappa shape index (κ3) is 3.08. The average molecular weight is 330 g/mol. The summed E-state index contributed by atoms with van der Waals surface area (Å²) in [6.07, 6.45) is -2.90. The zero-order valence-electron chi connectivity index (χ0n) is 12.7. The molecular weight excluding hydrogens is 317 g/mol. The number of pyridine rings is 1. The van der Waals surface area contributed by atoms with Crippen LogP contribution >= 0.6 is 0 Å². The fraction of sp³-hybridized carbons (Fsp3) is 0.111. The molecule has 0 saturated heterocycles. The highest BCUT2D eigenvalue weighted by atomic mass is 19.4. The van der Waals surface area contributed by atoms with Crippen LogP contribution in [0.5, 0.6) is 0 Å². The van der Waals surface area contributed by atoms with Crippen LogP contribution in [-0.2, 0) is 6.18 Å². The molecule has 0 radical (unpaired) electrons. The number of halogens is 3. The summed E-state index contributed by atoms with van der Waals surface area (Å²) in [5.74, 6) is -0.503. The molecule has 0 bridgehead atoms. The SMILES string of the molecule is Cc1ccc(NC(=O)c2cccc3cccnc23)cc1C(F)(F)F. The molecule has 0 aliphatic carbocycles. The van der Waals surface area contributed by atoms with E-state index in [0.29, 0.717) is 11.1 Å². The number of aromatic nitrogens is 1. The molecule has 122 valence electrons. The van der Waals surface area contributed by atoms with Crippen molar-refractivity contribution in [2.24, 2.45) is 0 Å². The van der Waals surface area contributed by atoms with Crippen LogP contribution in [0.25, 0.3) is 10.9 Å². The van der Waals surface area contributed by atoms with Gasteiger partial charge < -0.3 is 5.32 Å². The van der Waals surface area contributed by atoms with Gasteiger partial charge in [0.25, 0.3) is 5.91 Å². The number of carbonyl (C=O) groups excluding carboxylic acids is 1. The van der Waals surface area contributed by atoms with Gasteiger partial charge in [0.1, 0.15) is 0 Å². The van der Waals surface area contributed by atoms with E-state index in [1.165, 1.54) is 19.1 Å². The molecule has 2 aromatic carbocycles. The third-order valence-electron chi connectivity index (χ3n) is 3.68. The quantitative estimate of drug-likeness (QED) is 0.732. The number of fused-ring (bicyclic) bond motifs is 1. The van der Waals surface area contributed by atoms with E-state index in [2.05, 4.69) is 10.3 Å². The van der Waals surface area contributed by atoms with Gasteiger partial charge >= 0.3 is 6.18 Å². The molecule has 3 nitrogen and oxygen atoms in total. The highest BCUT2D eigenvalue weighted by Crippen LogP contribution is 2.33. The first kappa shape index (κ1) is 16.0. The van der Waals surface area contributed by atoms with Crippen LogP contribution in [0.2, 0.25) is 0 Å². The Morgan fingerprint density at radius 1 is 1.08 bits per heavy atom. The number of nitrogens with zero attached hydrogens (tertiary/aromatic N) is 1. The second kappa shape index (κ2) is 5.96. The molecule has 0 aliphatic heterocycles. The fourth-order valence-corrected chi connectivity index (χ4v) is 2.49. The minimum atomic E-state index is -4.47. The summed E-state index contributed by atoms with van der Waals surface area (Å²) < 4.78 is 38.9. The Morgan fingerprint density at radius 3 is 2.58 bits per heavy atom. The van der Waals surface area contributed by atoms with Crippen LogP contribution in [0.4, 0.5) is 18.9 Å². The van der Waals surface area contributed by atoms with Gasteiger partial charge in [-0.15, -0.1) is 0 Å². The molecule has 3 rings (SSSR count). The van der Waals surface area contributed by atoms with E-state index in [1.54, 1.807) is 24.4 Å². The minimum Gasteiger partial charge on any atom is -0.322 e. The summed E-state index contributed by atoms with van der Waals surface area (Å²) in [4.78, 5) is 16.6. The van der Waals surface area contributed by atoms with E-state index in [-0.39, 0.29) is 11.3 Å². The van der Waals surface area contributed by atoms with Crippen LogP contribution in [-0.4, -0.2) is 10.9 Å². The van der Waals surface area contributed by atoms with Crippen LogP contribution in [0.1, 0.15) is 21.5 Å². The molecule has 0 unspecified atom stereocenters. The number of benzene rings is 2. The smallest absolute Gasteiger partial charge is 0.322 e. The third-order valence-corrected chi connectivity index (χ3v) is 3.68. The number of hydrogen-bond acceptors (Lipinski definition) is 2. The highest BCUT2D eigenvalue weighted by molar-refractivity contribution is 6.11. The Bertz CT molecular complexity index is 914. The molecule has 0 saturated carbocycles. The maximum absolute atomic E-state index is 13.0. The molecular formula is C18H13F3N2O. The molecule has 24 heavy (non-hydrogen) atoms. The lowest BCUT2D eigenvalue weighted by atomic mass is 10.1. The van der Waals surface area contributed by atoms with Crippen molar-refractivity contribution in [1.29, 1.82) is 0 Å². The minimum absolute atomic E-state index is 0.0888. The second-order valence-electron chi connectivity index (χ2n) is 5.36. The Morgan fingerprint density at radius 2 is 1.83 bits per heavy atom. The summed E-state index contributed by atoms with van der Waals surface area (Å²) in [6.45, 7) is 1.38. The summed E-state index contributed by atoms with van der Waals surface area (Å²) >= 11 is 0. The topological polar surface area (TPSA) is 42.0 Å². The molecule has 3 aromatic rings. The van der Waals surface area contributed by atoms with Gasteiger partial charge in [-0.1, -0.05) is 24.3 Å². The van der Waals surface area contributed by atoms with Gasteiger partial charge in [0.15, 0.2) is 0 Å². The normalized spacial score (nSPS) is 11.5. The van der Waals surface area contributed by atoms with E-state index < -0.39 is 17.6 Å². The molecule has 1 aromatic heterocycles. The lowest BCUT2D eigenvalue weighted by Gasteiger charge is -2.13. The Balaban J connectivity index is 1.95. The van der Waals surface area contributed by atoms with Crippen molar-refractivity contribution < 1.29 is 18.0 Å². The number of rotatable bonds is 2. The zero-order valence-corrected chi connectivity index (χ0v) is 12.7. The van der Waals surface area contributed by atoms with Gasteiger partial charge in [-0.3, -0.25) is 9.78 Å². The van der Waals surface area contributed by atoms with Gasteiger partial charge in [-0.2, -0.15) is 13.2 Å². The van der Waals surface area contributed by atoms with E-state index in [0.717, 1.165) is 11.5 Å². The number of para-hydroxylation sites is 1. The summed E-state index contributed by atoms with van der Waals surface area (Å²) in [5, 5.41) is 3.29. The molecule has 6 heteroatoms. The predicted molar refractivity (Wildman–Crippen MR) is 85.9 cm³/mol. The number of alkyl halides is 3. The number of carbonyl (C=O) groups is 1. The highest BCUT2D eigenvalue weighted by Gasteiger charge is 2.32. The average Bonchev–Trinajstić information content (AvgIpc) is 2.55. The van der Waals surface area contributed by atoms with Gasteiger partial charge in [0.05, 0.1) is 16.6 Å². The van der Waals surface area contributed by atoms with Crippen LogP contribution in [0.15, 0.2) is 54.7 Å². The van der Waals surface area contributed by atoms with E-state index in [9.17, 15) is 18.0 Å². The maximum atomic E-state index is 13.0. The fourth-order valence-electron chi connectivity index (χ4n) is 2.49. The van der Waals surface area contributed by atoms with E-state index in [4.69, 9.17) is 0 Å². The maximum Gasteiger partial charge on any atom is 0.416 e. The molecule has 0 spiro atoms. The lowest BCUT2D eigenvalue weighted by Crippen LogP contribution is -2.14. The van der Waals surface area contributed by atoms with Crippen LogP contribution < -0.4 is 5.32 Å². The molecule has 0 atom stereocenters. The van der Waals surface area contributed by atoms with Crippen LogP contribution in [0.3, 0.4) is 0 Å². The van der Waals surface area contributed by atoms with Crippen molar-refractivity contribution in [2.75, 3.05) is 5.32 Å². The van der Waals surface area contributed by atoms with E-state index in [1.807, 2.05) is 12.1 Å². The molecule has 0 fully saturated rings. The van der Waals surface area contributed by atoms with Crippen molar-refractivity contribution in [1.82, 2.24) is 4.98 Å². The van der Waals surface area contributed by atoms with Gasteiger partial charge in [-0.25, -0.2) is 0 Å². The predicted octanol–water partition coefficient (Wildman–Crippen LogP) is 4.81. The van der Waals surface area contributed by atoms with E-state index >= 15 is 0 Å². The number of nitrogens with one attached hydrogen (secondary N) is 1.